The third kappa shape index (κ3) is 3.83. The Labute approximate surface area is 96.9 Å². The van der Waals surface area contributed by atoms with Gasteiger partial charge in [0.1, 0.15) is 0 Å². The summed E-state index contributed by atoms with van der Waals surface area (Å²) in [5.41, 5.74) is 0. The second kappa shape index (κ2) is 6.51. The fourth-order valence-electron chi connectivity index (χ4n) is 2.16. The first-order valence-corrected chi connectivity index (χ1v) is 5.97. The van der Waals surface area contributed by atoms with Gasteiger partial charge in [0.25, 0.3) is 0 Å². The third-order valence-electron chi connectivity index (χ3n) is 3.18. The summed E-state index contributed by atoms with van der Waals surface area (Å²) < 4.78 is 4.55. The van der Waals surface area contributed by atoms with E-state index in [1.165, 1.54) is 20.0 Å². The van der Waals surface area contributed by atoms with Crippen molar-refractivity contribution in [3.63, 3.8) is 0 Å². The topological polar surface area (TPSA) is 46.6 Å². The van der Waals surface area contributed by atoms with Crippen LogP contribution in [0.2, 0.25) is 0 Å². The van der Waals surface area contributed by atoms with Crippen molar-refractivity contribution in [1.82, 2.24) is 4.90 Å². The van der Waals surface area contributed by atoms with Gasteiger partial charge in [0.15, 0.2) is 0 Å². The molecule has 4 heteroatoms. The first-order valence-electron chi connectivity index (χ1n) is 5.97. The van der Waals surface area contributed by atoms with Crippen LogP contribution in [0.5, 0.6) is 0 Å². The van der Waals surface area contributed by atoms with Gasteiger partial charge in [-0.15, -0.1) is 0 Å². The van der Waals surface area contributed by atoms with Crippen molar-refractivity contribution in [1.29, 1.82) is 0 Å². The average Bonchev–Trinajstić information content (AvgIpc) is 2.81. The quantitative estimate of drug-likeness (QED) is 0.670. The molecule has 92 valence electrons. The van der Waals surface area contributed by atoms with Crippen molar-refractivity contribution >= 4 is 11.9 Å². The molecule has 0 spiro atoms. The Morgan fingerprint density at radius 3 is 2.50 bits per heavy atom. The molecule has 0 aromatic rings. The van der Waals surface area contributed by atoms with E-state index in [-0.39, 0.29) is 17.8 Å². The molecule has 0 radical (unpaired) electrons. The van der Waals surface area contributed by atoms with E-state index in [4.69, 9.17) is 0 Å². The van der Waals surface area contributed by atoms with Gasteiger partial charge >= 0.3 is 5.97 Å². The van der Waals surface area contributed by atoms with Gasteiger partial charge in [-0.2, -0.15) is 0 Å². The van der Waals surface area contributed by atoms with Crippen LogP contribution in [0.4, 0.5) is 0 Å². The van der Waals surface area contributed by atoms with E-state index < -0.39 is 0 Å². The standard InChI is InChI=1S/C12H21NO3/c1-13(9-5-8-11(14)16-2)12(15)10-6-3-4-7-10/h10H,3-9H2,1-2H3. The van der Waals surface area contributed by atoms with Crippen molar-refractivity contribution in [3.05, 3.63) is 0 Å². The lowest BCUT2D eigenvalue weighted by Crippen LogP contribution is -2.32. The number of methoxy groups -OCH3 is 1. The Hall–Kier alpha value is -1.06. The van der Waals surface area contributed by atoms with E-state index in [0.29, 0.717) is 19.4 Å². The number of esters is 1. The summed E-state index contributed by atoms with van der Waals surface area (Å²) >= 11 is 0. The summed E-state index contributed by atoms with van der Waals surface area (Å²) in [6.45, 7) is 0.643. The van der Waals surface area contributed by atoms with Gasteiger partial charge < -0.3 is 9.64 Å². The Kier molecular flexibility index (Phi) is 5.29. The second-order valence-corrected chi connectivity index (χ2v) is 4.42. The minimum Gasteiger partial charge on any atom is -0.469 e. The molecule has 0 unspecified atom stereocenters. The van der Waals surface area contributed by atoms with E-state index in [9.17, 15) is 9.59 Å². The molecule has 4 nitrogen and oxygen atoms in total. The molecule has 1 fully saturated rings. The molecule has 1 aliphatic rings. The molecule has 0 N–H and O–H groups in total. The van der Waals surface area contributed by atoms with Crippen LogP contribution in [0.1, 0.15) is 38.5 Å². The molecule has 1 amide bonds. The van der Waals surface area contributed by atoms with Gasteiger partial charge in [0.2, 0.25) is 5.91 Å². The van der Waals surface area contributed by atoms with Gasteiger partial charge in [0, 0.05) is 25.9 Å². The number of ether oxygens (including phenoxy) is 1. The van der Waals surface area contributed by atoms with Crippen LogP contribution >= 0.6 is 0 Å². The Morgan fingerprint density at radius 2 is 1.94 bits per heavy atom. The van der Waals surface area contributed by atoms with E-state index >= 15 is 0 Å². The Balaban J connectivity index is 2.20. The SMILES string of the molecule is COC(=O)CCCN(C)C(=O)C1CCCC1. The first-order chi connectivity index (χ1) is 7.65. The molecule has 1 rings (SSSR count). The number of carbonyl (C=O) groups excluding carboxylic acids is 2. The number of hydrogen-bond donors (Lipinski definition) is 0. The number of rotatable bonds is 5. The van der Waals surface area contributed by atoms with Crippen molar-refractivity contribution in [3.8, 4) is 0 Å². The number of hydrogen-bond acceptors (Lipinski definition) is 3. The molecular weight excluding hydrogens is 206 g/mol. The highest BCUT2D eigenvalue weighted by Gasteiger charge is 2.25. The fraction of sp³-hybridized carbons (Fsp3) is 0.833. The van der Waals surface area contributed by atoms with Crippen LogP contribution in [0, 0.1) is 5.92 Å². The van der Waals surface area contributed by atoms with Gasteiger partial charge in [-0.1, -0.05) is 12.8 Å². The molecule has 16 heavy (non-hydrogen) atoms. The number of nitrogens with zero attached hydrogens (tertiary/aromatic N) is 1. The molecule has 0 aromatic carbocycles. The van der Waals surface area contributed by atoms with Gasteiger partial charge in [0.05, 0.1) is 7.11 Å². The molecule has 1 saturated carbocycles. The maximum Gasteiger partial charge on any atom is 0.305 e. The summed E-state index contributed by atoms with van der Waals surface area (Å²) in [6, 6.07) is 0. The summed E-state index contributed by atoms with van der Waals surface area (Å²) in [5, 5.41) is 0. The minimum atomic E-state index is -0.207. The average molecular weight is 227 g/mol. The fourth-order valence-corrected chi connectivity index (χ4v) is 2.16. The zero-order valence-corrected chi connectivity index (χ0v) is 10.2. The normalized spacial score (nSPS) is 16.1. The first kappa shape index (κ1) is 13.0. The Bertz CT molecular complexity index is 247. The molecule has 0 saturated heterocycles. The van der Waals surface area contributed by atoms with Crippen LogP contribution in [0.25, 0.3) is 0 Å². The molecule has 0 aliphatic heterocycles. The van der Waals surface area contributed by atoms with Crippen molar-refractivity contribution < 1.29 is 14.3 Å². The highest BCUT2D eigenvalue weighted by atomic mass is 16.5. The lowest BCUT2D eigenvalue weighted by atomic mass is 10.1. The molecule has 0 atom stereocenters. The van der Waals surface area contributed by atoms with Gasteiger partial charge in [-0.25, -0.2) is 0 Å². The van der Waals surface area contributed by atoms with Gasteiger partial charge in [-0.3, -0.25) is 9.59 Å². The summed E-state index contributed by atoms with van der Waals surface area (Å²) in [5.74, 6) is 0.257. The minimum absolute atomic E-state index is 0.207. The van der Waals surface area contributed by atoms with Crippen molar-refractivity contribution in [2.24, 2.45) is 5.92 Å². The van der Waals surface area contributed by atoms with E-state index in [1.54, 1.807) is 4.90 Å². The second-order valence-electron chi connectivity index (χ2n) is 4.42. The highest BCUT2D eigenvalue weighted by Crippen LogP contribution is 2.26. The molecule has 0 bridgehead atoms. The van der Waals surface area contributed by atoms with Crippen LogP contribution < -0.4 is 0 Å². The van der Waals surface area contributed by atoms with E-state index in [2.05, 4.69) is 4.74 Å². The predicted octanol–water partition coefficient (Wildman–Crippen LogP) is 1.59. The molecular formula is C12H21NO3. The lowest BCUT2D eigenvalue weighted by Gasteiger charge is -2.20. The highest BCUT2D eigenvalue weighted by molar-refractivity contribution is 5.78. The molecule has 1 aliphatic carbocycles. The zero-order valence-electron chi connectivity index (χ0n) is 10.2. The Morgan fingerprint density at radius 1 is 1.31 bits per heavy atom. The van der Waals surface area contributed by atoms with Crippen molar-refractivity contribution in [2.45, 2.75) is 38.5 Å². The number of carbonyl (C=O) groups is 2. The van der Waals surface area contributed by atoms with Crippen molar-refractivity contribution in [2.75, 3.05) is 20.7 Å². The van der Waals surface area contributed by atoms with Crippen LogP contribution in [-0.4, -0.2) is 37.5 Å². The maximum atomic E-state index is 11.9. The third-order valence-corrected chi connectivity index (χ3v) is 3.18. The van der Waals surface area contributed by atoms with Crippen LogP contribution in [0.3, 0.4) is 0 Å². The van der Waals surface area contributed by atoms with E-state index in [0.717, 1.165) is 12.8 Å². The molecule has 0 heterocycles. The summed E-state index contributed by atoms with van der Waals surface area (Å²) in [6.07, 6.45) is 5.47. The molecule has 0 aromatic heterocycles. The summed E-state index contributed by atoms with van der Waals surface area (Å²) in [4.78, 5) is 24.5. The summed E-state index contributed by atoms with van der Waals surface area (Å²) in [7, 11) is 3.20. The monoisotopic (exact) mass is 227 g/mol. The maximum absolute atomic E-state index is 11.9. The lowest BCUT2D eigenvalue weighted by molar-refractivity contribution is -0.141. The van der Waals surface area contributed by atoms with Crippen LogP contribution in [0.15, 0.2) is 0 Å². The van der Waals surface area contributed by atoms with Gasteiger partial charge in [-0.05, 0) is 19.3 Å². The largest absolute Gasteiger partial charge is 0.469 e. The zero-order chi connectivity index (χ0) is 12.0. The number of amides is 1. The smallest absolute Gasteiger partial charge is 0.305 e. The van der Waals surface area contributed by atoms with Crippen LogP contribution in [-0.2, 0) is 14.3 Å². The predicted molar refractivity (Wildman–Crippen MR) is 60.8 cm³/mol. The van der Waals surface area contributed by atoms with E-state index in [1.807, 2.05) is 7.05 Å².